The standard InChI is InChI=1S/C23H23IN2O3S/c1-3-26(4-2)23(27)18-10-13-20(14-11-18)30(28,29)25-22-15-12-19(16-21(22)24)17-8-6-5-7-9-17/h5-16,25H,3-4H2,1-2H3. The first-order valence-corrected chi connectivity index (χ1v) is 12.2. The maximum absolute atomic E-state index is 12.8. The van der Waals surface area contributed by atoms with E-state index < -0.39 is 10.0 Å². The average molecular weight is 534 g/mol. The van der Waals surface area contributed by atoms with Crippen LogP contribution in [0.25, 0.3) is 11.1 Å². The van der Waals surface area contributed by atoms with Crippen LogP contribution >= 0.6 is 22.6 Å². The molecule has 0 spiro atoms. The lowest BCUT2D eigenvalue weighted by Gasteiger charge is -2.18. The summed E-state index contributed by atoms with van der Waals surface area (Å²) in [5.41, 5.74) is 3.07. The molecule has 3 aromatic carbocycles. The van der Waals surface area contributed by atoms with Crippen molar-refractivity contribution in [2.45, 2.75) is 18.7 Å². The molecule has 0 atom stereocenters. The van der Waals surface area contributed by atoms with Crippen LogP contribution in [0, 0.1) is 3.57 Å². The Labute approximate surface area is 191 Å². The molecule has 0 aliphatic rings. The fraction of sp³-hybridized carbons (Fsp3) is 0.174. The van der Waals surface area contributed by atoms with Crippen LogP contribution in [0.1, 0.15) is 24.2 Å². The summed E-state index contributed by atoms with van der Waals surface area (Å²) in [4.78, 5) is 14.2. The van der Waals surface area contributed by atoms with Crippen LogP contribution in [0.2, 0.25) is 0 Å². The Hall–Kier alpha value is -2.39. The zero-order valence-electron chi connectivity index (χ0n) is 16.8. The van der Waals surface area contributed by atoms with Crippen LogP contribution in [-0.2, 0) is 10.0 Å². The van der Waals surface area contributed by atoms with Crippen LogP contribution < -0.4 is 4.72 Å². The lowest BCUT2D eigenvalue weighted by Crippen LogP contribution is -2.30. The van der Waals surface area contributed by atoms with E-state index in [-0.39, 0.29) is 10.8 Å². The summed E-state index contributed by atoms with van der Waals surface area (Å²) in [5.74, 6) is -0.108. The van der Waals surface area contributed by atoms with Crippen LogP contribution in [0.3, 0.4) is 0 Å². The van der Waals surface area contributed by atoms with Gasteiger partial charge in [0.2, 0.25) is 0 Å². The van der Waals surface area contributed by atoms with Crippen molar-refractivity contribution < 1.29 is 13.2 Å². The van der Waals surface area contributed by atoms with Crippen molar-refractivity contribution in [3.63, 3.8) is 0 Å². The molecule has 0 bridgehead atoms. The fourth-order valence-corrected chi connectivity index (χ4v) is 4.99. The van der Waals surface area contributed by atoms with Crippen molar-refractivity contribution in [2.24, 2.45) is 0 Å². The number of carbonyl (C=O) groups is 1. The Bertz CT molecular complexity index is 1130. The van der Waals surface area contributed by atoms with E-state index in [2.05, 4.69) is 27.3 Å². The third kappa shape index (κ3) is 5.02. The first-order valence-electron chi connectivity index (χ1n) is 9.63. The average Bonchev–Trinajstić information content (AvgIpc) is 2.76. The number of carbonyl (C=O) groups excluding carboxylic acids is 1. The van der Waals surface area contributed by atoms with E-state index in [9.17, 15) is 13.2 Å². The van der Waals surface area contributed by atoms with Crippen molar-refractivity contribution in [2.75, 3.05) is 17.8 Å². The molecule has 0 fully saturated rings. The Kier molecular flexibility index (Phi) is 7.14. The minimum atomic E-state index is -3.77. The quantitative estimate of drug-likeness (QED) is 0.422. The van der Waals surface area contributed by atoms with E-state index >= 15 is 0 Å². The van der Waals surface area contributed by atoms with Crippen LogP contribution in [-0.4, -0.2) is 32.3 Å². The number of sulfonamides is 1. The summed E-state index contributed by atoms with van der Waals surface area (Å²) in [6, 6.07) is 21.5. The smallest absolute Gasteiger partial charge is 0.261 e. The second-order valence-electron chi connectivity index (χ2n) is 6.67. The van der Waals surface area contributed by atoms with Gasteiger partial charge in [0.15, 0.2) is 0 Å². The summed E-state index contributed by atoms with van der Waals surface area (Å²) in [7, 11) is -3.77. The largest absolute Gasteiger partial charge is 0.339 e. The van der Waals surface area contributed by atoms with E-state index in [1.807, 2.05) is 56.3 Å². The van der Waals surface area contributed by atoms with Gasteiger partial charge < -0.3 is 4.90 Å². The number of rotatable bonds is 7. The summed E-state index contributed by atoms with van der Waals surface area (Å²) >= 11 is 2.12. The first-order chi connectivity index (χ1) is 14.4. The highest BCUT2D eigenvalue weighted by Crippen LogP contribution is 2.28. The third-order valence-corrected chi connectivity index (χ3v) is 7.06. The molecular formula is C23H23IN2O3S. The predicted molar refractivity (Wildman–Crippen MR) is 129 cm³/mol. The zero-order chi connectivity index (χ0) is 21.7. The van der Waals surface area contributed by atoms with Gasteiger partial charge in [-0.15, -0.1) is 0 Å². The highest BCUT2D eigenvalue weighted by atomic mass is 127. The molecule has 0 aromatic heterocycles. The van der Waals surface area contributed by atoms with Gasteiger partial charge >= 0.3 is 0 Å². The lowest BCUT2D eigenvalue weighted by molar-refractivity contribution is 0.0773. The molecule has 0 radical (unpaired) electrons. The van der Waals surface area contributed by atoms with Crippen molar-refractivity contribution in [1.29, 1.82) is 0 Å². The molecule has 0 saturated carbocycles. The van der Waals surface area contributed by atoms with E-state index in [1.165, 1.54) is 12.1 Å². The molecule has 1 N–H and O–H groups in total. The maximum Gasteiger partial charge on any atom is 0.261 e. The Morgan fingerprint density at radius 3 is 2.10 bits per heavy atom. The van der Waals surface area contributed by atoms with Crippen LogP contribution in [0.15, 0.2) is 77.7 Å². The fourth-order valence-electron chi connectivity index (χ4n) is 3.08. The lowest BCUT2D eigenvalue weighted by atomic mass is 10.1. The molecule has 0 unspecified atom stereocenters. The van der Waals surface area contributed by atoms with Crippen molar-refractivity contribution in [3.8, 4) is 11.1 Å². The molecule has 5 nitrogen and oxygen atoms in total. The van der Waals surface area contributed by atoms with Gasteiger partial charge in [-0.05, 0) is 84.0 Å². The zero-order valence-corrected chi connectivity index (χ0v) is 19.8. The van der Waals surface area contributed by atoms with Gasteiger partial charge in [-0.1, -0.05) is 36.4 Å². The molecule has 3 rings (SSSR count). The van der Waals surface area contributed by atoms with Crippen LogP contribution in [0.5, 0.6) is 0 Å². The number of benzene rings is 3. The molecule has 30 heavy (non-hydrogen) atoms. The Balaban J connectivity index is 1.80. The van der Waals surface area contributed by atoms with Gasteiger partial charge in [-0.3, -0.25) is 9.52 Å². The molecular weight excluding hydrogens is 511 g/mol. The van der Waals surface area contributed by atoms with E-state index in [0.717, 1.165) is 14.7 Å². The van der Waals surface area contributed by atoms with Gasteiger partial charge in [-0.25, -0.2) is 8.42 Å². The number of anilines is 1. The molecule has 156 valence electrons. The minimum Gasteiger partial charge on any atom is -0.339 e. The highest BCUT2D eigenvalue weighted by molar-refractivity contribution is 14.1. The van der Waals surface area contributed by atoms with Gasteiger partial charge in [0, 0.05) is 22.2 Å². The number of hydrogen-bond donors (Lipinski definition) is 1. The molecule has 0 heterocycles. The van der Waals surface area contributed by atoms with Crippen molar-refractivity contribution in [1.82, 2.24) is 4.90 Å². The molecule has 7 heteroatoms. The van der Waals surface area contributed by atoms with Gasteiger partial charge in [0.05, 0.1) is 10.6 Å². The Morgan fingerprint density at radius 2 is 1.53 bits per heavy atom. The first kappa shape index (κ1) is 22.3. The second kappa shape index (κ2) is 9.61. The summed E-state index contributed by atoms with van der Waals surface area (Å²) in [6.07, 6.45) is 0. The van der Waals surface area contributed by atoms with Gasteiger partial charge in [0.25, 0.3) is 15.9 Å². The highest BCUT2D eigenvalue weighted by Gasteiger charge is 2.18. The topological polar surface area (TPSA) is 66.5 Å². The number of hydrogen-bond acceptors (Lipinski definition) is 3. The molecule has 0 aliphatic heterocycles. The predicted octanol–water partition coefficient (Wildman–Crippen LogP) is 5.24. The van der Waals surface area contributed by atoms with Crippen LogP contribution in [0.4, 0.5) is 5.69 Å². The number of nitrogens with zero attached hydrogens (tertiary/aromatic N) is 1. The van der Waals surface area contributed by atoms with E-state index in [1.54, 1.807) is 23.1 Å². The monoisotopic (exact) mass is 534 g/mol. The normalized spacial score (nSPS) is 11.2. The SMILES string of the molecule is CCN(CC)C(=O)c1ccc(S(=O)(=O)Nc2ccc(-c3ccccc3)cc2I)cc1. The molecule has 0 aliphatic carbocycles. The summed E-state index contributed by atoms with van der Waals surface area (Å²) < 4.78 is 29.1. The second-order valence-corrected chi connectivity index (χ2v) is 9.51. The van der Waals surface area contributed by atoms with E-state index in [0.29, 0.717) is 24.3 Å². The maximum atomic E-state index is 12.8. The van der Waals surface area contributed by atoms with Gasteiger partial charge in [0.1, 0.15) is 0 Å². The number of nitrogens with one attached hydrogen (secondary N) is 1. The molecule has 1 amide bonds. The van der Waals surface area contributed by atoms with Crippen molar-refractivity contribution in [3.05, 3.63) is 81.9 Å². The summed E-state index contributed by atoms with van der Waals surface area (Å²) in [5, 5.41) is 0. The molecule has 3 aromatic rings. The minimum absolute atomic E-state index is 0.108. The third-order valence-electron chi connectivity index (χ3n) is 4.78. The Morgan fingerprint density at radius 1 is 0.900 bits per heavy atom. The molecule has 0 saturated heterocycles. The summed E-state index contributed by atoms with van der Waals surface area (Å²) in [6.45, 7) is 5.03. The number of amides is 1. The van der Waals surface area contributed by atoms with E-state index in [4.69, 9.17) is 0 Å². The van der Waals surface area contributed by atoms with Gasteiger partial charge in [-0.2, -0.15) is 0 Å². The van der Waals surface area contributed by atoms with Crippen molar-refractivity contribution >= 4 is 44.2 Å². The number of halogens is 1.